The Morgan fingerprint density at radius 3 is 2.44 bits per heavy atom. The minimum atomic E-state index is -1.46. The van der Waals surface area contributed by atoms with E-state index in [2.05, 4.69) is 31.8 Å². The Morgan fingerprint density at radius 2 is 1.64 bits per heavy atom. The summed E-state index contributed by atoms with van der Waals surface area (Å²) < 4.78 is 62.8. The van der Waals surface area contributed by atoms with E-state index < -0.39 is 18.2 Å². The fourth-order valence-electron chi connectivity index (χ4n) is 8.56. The van der Waals surface area contributed by atoms with Crippen molar-refractivity contribution in [3.63, 3.8) is 0 Å². The number of para-hydroxylation sites is 1. The summed E-state index contributed by atoms with van der Waals surface area (Å²) >= 11 is 8.61. The molecule has 2 atom stereocenters. The molecule has 0 radical (unpaired) electrons. The minimum Gasteiger partial charge on any atom is -0.490 e. The van der Waals surface area contributed by atoms with Crippen molar-refractivity contribution in [1.29, 1.82) is 0 Å². The summed E-state index contributed by atoms with van der Waals surface area (Å²) in [6, 6.07) is 24.5. The number of halogens is 2. The fraction of sp³-hybridized carbons (Fsp3) is 0.352. The van der Waals surface area contributed by atoms with Gasteiger partial charge in [-0.1, -0.05) is 41.9 Å². The largest absolute Gasteiger partial charge is 0.490 e. The van der Waals surface area contributed by atoms with Crippen molar-refractivity contribution >= 4 is 39.1 Å². The van der Waals surface area contributed by atoms with Gasteiger partial charge in [0.15, 0.2) is 5.82 Å². The van der Waals surface area contributed by atoms with Gasteiger partial charge in [-0.15, -0.1) is 11.3 Å². The molecule has 7 aromatic rings. The summed E-state index contributed by atoms with van der Waals surface area (Å²) in [5.74, 6) is 0.789. The van der Waals surface area contributed by atoms with E-state index in [9.17, 15) is 14.3 Å². The average molecular weight is 1040 g/mol. The molecular formula is C54H56ClFN6O10S. The Hall–Kier alpha value is -6.51. The summed E-state index contributed by atoms with van der Waals surface area (Å²) in [7, 11) is 3.74. The lowest BCUT2D eigenvalue weighted by Gasteiger charge is -2.34. The zero-order valence-corrected chi connectivity index (χ0v) is 42.3. The molecule has 0 amide bonds. The van der Waals surface area contributed by atoms with Gasteiger partial charge in [0.1, 0.15) is 65.9 Å². The predicted octanol–water partition coefficient (Wildman–Crippen LogP) is 8.68. The summed E-state index contributed by atoms with van der Waals surface area (Å²) in [5, 5.41) is 11.8. The molecule has 6 heterocycles. The van der Waals surface area contributed by atoms with Gasteiger partial charge in [0, 0.05) is 68.5 Å². The van der Waals surface area contributed by atoms with Crippen molar-refractivity contribution in [1.82, 2.24) is 29.7 Å². The maximum Gasteiger partial charge on any atom is 0.345 e. The van der Waals surface area contributed by atoms with E-state index in [1.165, 1.54) is 29.8 Å². The van der Waals surface area contributed by atoms with Gasteiger partial charge in [-0.3, -0.25) is 4.90 Å². The number of carboxylic acid groups (broad SMARTS) is 1. The van der Waals surface area contributed by atoms with Gasteiger partial charge in [0.05, 0.1) is 54.7 Å². The molecule has 19 heteroatoms. The van der Waals surface area contributed by atoms with Gasteiger partial charge in [-0.2, -0.15) is 0 Å². The smallest absolute Gasteiger partial charge is 0.345 e. The van der Waals surface area contributed by atoms with Crippen molar-refractivity contribution < 1.29 is 52.2 Å². The number of nitrogens with zero attached hydrogens (tertiary/aromatic N) is 6. The van der Waals surface area contributed by atoms with Crippen molar-refractivity contribution in [3.8, 4) is 61.8 Å². The number of hydrogen-bond donors (Lipinski definition) is 1. The number of piperazine rings is 1. The number of thiophene rings is 1. The van der Waals surface area contributed by atoms with Crippen molar-refractivity contribution in [2.24, 2.45) is 0 Å². The van der Waals surface area contributed by atoms with E-state index in [4.69, 9.17) is 54.5 Å². The van der Waals surface area contributed by atoms with Crippen LogP contribution < -0.4 is 23.7 Å². The van der Waals surface area contributed by atoms with Gasteiger partial charge in [-0.05, 0) is 85.3 Å². The number of methoxy groups -OCH3 is 1. The van der Waals surface area contributed by atoms with Crippen LogP contribution >= 0.6 is 22.9 Å². The normalized spacial score (nSPS) is 16.3. The number of fused-ring (bicyclic) bond motifs is 7. The third kappa shape index (κ3) is 12.8. The van der Waals surface area contributed by atoms with Gasteiger partial charge in [0.2, 0.25) is 12.0 Å². The lowest BCUT2D eigenvalue weighted by molar-refractivity contribution is -0.145. The number of benzene rings is 4. The highest BCUT2D eigenvalue weighted by Crippen LogP contribution is 2.50. The van der Waals surface area contributed by atoms with Crippen LogP contribution in [0.2, 0.25) is 5.02 Å². The number of carbonyl (C=O) groups is 1. The van der Waals surface area contributed by atoms with Crippen LogP contribution in [0.4, 0.5) is 4.39 Å². The van der Waals surface area contributed by atoms with Crippen molar-refractivity contribution in [2.75, 3.05) is 93.1 Å². The quantitative estimate of drug-likeness (QED) is 0.0810. The molecule has 1 saturated heterocycles. The Morgan fingerprint density at radius 1 is 0.863 bits per heavy atom. The van der Waals surface area contributed by atoms with Crippen LogP contribution in [0.3, 0.4) is 0 Å². The molecule has 1 unspecified atom stereocenters. The van der Waals surface area contributed by atoms with E-state index in [-0.39, 0.29) is 31.3 Å². The van der Waals surface area contributed by atoms with Gasteiger partial charge in [-0.25, -0.2) is 29.1 Å². The molecular weight excluding hydrogens is 979 g/mol. The Balaban J connectivity index is 1.03. The van der Waals surface area contributed by atoms with E-state index in [0.717, 1.165) is 42.2 Å². The first kappa shape index (κ1) is 51.4. The predicted molar refractivity (Wildman–Crippen MR) is 275 cm³/mol. The molecule has 3 aliphatic rings. The SMILES string of the molecule is COCCOCCOCCOc1ccccc1-c1nccc(COc2ccc3cc2CC(C(=O)O)Oc2ncnc4sc(-c5ccc(F)cc5)c(c24)-c2ccc(c(Cl)c2C)O[C@H](CN2CCN(C)CC2)CO3)n1. The molecule has 10 rings (SSSR count). The highest BCUT2D eigenvalue weighted by atomic mass is 35.5. The highest BCUT2D eigenvalue weighted by Gasteiger charge is 2.30. The molecule has 382 valence electrons. The van der Waals surface area contributed by atoms with Crippen LogP contribution in [0.25, 0.3) is 43.2 Å². The summed E-state index contributed by atoms with van der Waals surface area (Å²) in [6.45, 7) is 8.76. The number of aliphatic carboxylic acids is 1. The second kappa shape index (κ2) is 24.5. The van der Waals surface area contributed by atoms with Crippen LogP contribution in [0.5, 0.6) is 28.9 Å². The molecule has 3 aromatic heterocycles. The molecule has 3 aliphatic heterocycles. The number of ether oxygens (including phenoxy) is 8. The van der Waals surface area contributed by atoms with E-state index in [1.54, 1.807) is 49.7 Å². The number of likely N-dealkylation sites (N-methyl/N-ethyl adjacent to an activating group) is 1. The van der Waals surface area contributed by atoms with Crippen molar-refractivity contribution in [3.05, 3.63) is 125 Å². The van der Waals surface area contributed by atoms with E-state index >= 15 is 0 Å². The first-order chi connectivity index (χ1) is 35.6. The molecule has 4 aromatic carbocycles. The maximum absolute atomic E-state index is 14.3. The maximum atomic E-state index is 14.3. The molecule has 4 bridgehead atoms. The zero-order chi connectivity index (χ0) is 50.7. The molecule has 73 heavy (non-hydrogen) atoms. The van der Waals surface area contributed by atoms with Crippen molar-refractivity contribution in [2.45, 2.75) is 32.2 Å². The Kier molecular flexibility index (Phi) is 17.2. The number of carboxylic acids is 1. The Labute approximate surface area is 431 Å². The number of aromatic nitrogens is 4. The third-order valence-electron chi connectivity index (χ3n) is 12.4. The summed E-state index contributed by atoms with van der Waals surface area (Å²) in [4.78, 5) is 37.8. The molecule has 1 fully saturated rings. The highest BCUT2D eigenvalue weighted by molar-refractivity contribution is 7.22. The topological polar surface area (TPSA) is 169 Å². The first-order valence-corrected chi connectivity index (χ1v) is 25.2. The first-order valence-electron chi connectivity index (χ1n) is 24.0. The Bertz CT molecular complexity index is 3000. The second-order valence-corrected chi connectivity index (χ2v) is 18.9. The van der Waals surface area contributed by atoms with E-state index in [0.29, 0.717) is 118 Å². The summed E-state index contributed by atoms with van der Waals surface area (Å²) in [6.07, 6.45) is 0.922. The van der Waals surface area contributed by atoms with Gasteiger partial charge >= 0.3 is 5.97 Å². The molecule has 0 saturated carbocycles. The fourth-order valence-corrected chi connectivity index (χ4v) is 9.92. The lowest BCUT2D eigenvalue weighted by Crippen LogP contribution is -2.49. The van der Waals surface area contributed by atoms with Gasteiger partial charge in [0.25, 0.3) is 0 Å². The van der Waals surface area contributed by atoms with Crippen LogP contribution in [-0.4, -0.2) is 146 Å². The van der Waals surface area contributed by atoms with E-state index in [1.807, 2.05) is 43.3 Å². The molecule has 0 spiro atoms. The monoisotopic (exact) mass is 1030 g/mol. The average Bonchev–Trinajstić information content (AvgIpc) is 3.79. The standard InChI is InChI=1S/C54H56ClFN6O10S/c1-34-41-13-15-45(49(34)55)71-40(30-62-20-18-61(2)19-21-62)32-69-39-12-14-43(70-31-38-16-17-57-51(60-38)42-6-4-5-7-44(42)68-27-26-67-25-24-66-23-22-65-3)36(28-39)29-46(54(63)64)72-52-48-47(41)50(73-53(48)59-33-58-52)35-8-10-37(56)11-9-35/h4-17,28,33,40,46H,18-27,29-32H2,1-3H3,(H,63,64)/t40-,46?/m1/s1. The lowest BCUT2D eigenvalue weighted by atomic mass is 9.96. The minimum absolute atomic E-state index is 0.0138. The summed E-state index contributed by atoms with van der Waals surface area (Å²) in [5.41, 5.74) is 4.55. The van der Waals surface area contributed by atoms with Crippen LogP contribution in [0.1, 0.15) is 16.8 Å². The zero-order valence-electron chi connectivity index (χ0n) is 40.8. The second-order valence-electron chi connectivity index (χ2n) is 17.5. The third-order valence-corrected chi connectivity index (χ3v) is 14.1. The van der Waals surface area contributed by atoms with Gasteiger partial charge < -0.3 is 47.9 Å². The number of rotatable bonds is 18. The van der Waals surface area contributed by atoms with Crippen LogP contribution in [0, 0.1) is 12.7 Å². The number of hydrogen-bond acceptors (Lipinski definition) is 16. The molecule has 1 N–H and O–H groups in total. The van der Waals surface area contributed by atoms with Crippen LogP contribution in [0.15, 0.2) is 97.5 Å². The molecule has 0 aliphatic carbocycles. The molecule has 16 nitrogen and oxygen atoms in total. The van der Waals surface area contributed by atoms with Crippen LogP contribution in [-0.2, 0) is 32.0 Å².